The molecule has 3 heterocycles. The molecule has 1 N–H and O–H groups in total. The van der Waals surface area contributed by atoms with Crippen LogP contribution in [0, 0.1) is 12.8 Å². The number of imidazole rings is 1. The van der Waals surface area contributed by atoms with E-state index in [2.05, 4.69) is 11.9 Å². The van der Waals surface area contributed by atoms with Gasteiger partial charge in [0, 0.05) is 30.3 Å². The molecule has 4 rings (SSSR count). The van der Waals surface area contributed by atoms with Crippen LogP contribution in [0.1, 0.15) is 52.3 Å². The maximum Gasteiger partial charge on any atom is 0.303 e. The smallest absolute Gasteiger partial charge is 0.303 e. The SMILES string of the molecule is CCC1CCc2nc(Oc3cccc(OC)c3)n(Cc3ncc(C)s3)c2C(=O)N(CCCO)COC1. The number of aryl methyl sites for hydroxylation is 2. The molecule has 10 heteroatoms. The van der Waals surface area contributed by atoms with Gasteiger partial charge >= 0.3 is 6.01 Å². The Labute approximate surface area is 215 Å². The van der Waals surface area contributed by atoms with Crippen LogP contribution in [-0.2, 0) is 17.7 Å². The van der Waals surface area contributed by atoms with Crippen molar-refractivity contribution in [2.75, 3.05) is 33.6 Å². The van der Waals surface area contributed by atoms with Crippen LogP contribution in [-0.4, -0.2) is 64.0 Å². The largest absolute Gasteiger partial charge is 0.497 e. The summed E-state index contributed by atoms with van der Waals surface area (Å²) in [5.41, 5.74) is 1.19. The Hall–Kier alpha value is -2.95. The Morgan fingerprint density at radius 2 is 2.14 bits per heavy atom. The van der Waals surface area contributed by atoms with E-state index in [1.807, 2.05) is 35.9 Å². The van der Waals surface area contributed by atoms with Crippen molar-refractivity contribution in [1.82, 2.24) is 19.4 Å². The third-order valence-electron chi connectivity index (χ3n) is 6.26. The summed E-state index contributed by atoms with van der Waals surface area (Å²) in [6, 6.07) is 7.65. The van der Waals surface area contributed by atoms with Crippen LogP contribution >= 0.6 is 11.3 Å². The fourth-order valence-corrected chi connectivity index (χ4v) is 4.99. The van der Waals surface area contributed by atoms with Crippen LogP contribution < -0.4 is 9.47 Å². The van der Waals surface area contributed by atoms with Gasteiger partial charge in [0.25, 0.3) is 5.91 Å². The number of hydrogen-bond donors (Lipinski definition) is 1. The van der Waals surface area contributed by atoms with Gasteiger partial charge in [0.1, 0.15) is 28.9 Å². The highest BCUT2D eigenvalue weighted by Gasteiger charge is 2.30. The maximum atomic E-state index is 13.9. The first-order valence-electron chi connectivity index (χ1n) is 12.3. The van der Waals surface area contributed by atoms with Gasteiger partial charge in [0.15, 0.2) is 0 Å². The normalized spacial score (nSPS) is 16.6. The molecule has 36 heavy (non-hydrogen) atoms. The zero-order valence-electron chi connectivity index (χ0n) is 21.1. The highest BCUT2D eigenvalue weighted by atomic mass is 32.1. The van der Waals surface area contributed by atoms with Gasteiger partial charge in [-0.2, -0.15) is 4.98 Å². The third-order valence-corrected chi connectivity index (χ3v) is 7.16. The zero-order chi connectivity index (χ0) is 25.5. The van der Waals surface area contributed by atoms with E-state index in [9.17, 15) is 9.90 Å². The molecule has 0 saturated carbocycles. The molecule has 1 atom stereocenters. The Balaban J connectivity index is 1.80. The van der Waals surface area contributed by atoms with Crippen molar-refractivity contribution in [3.63, 3.8) is 0 Å². The lowest BCUT2D eigenvalue weighted by Gasteiger charge is -2.26. The minimum Gasteiger partial charge on any atom is -0.497 e. The molecule has 0 bridgehead atoms. The van der Waals surface area contributed by atoms with Gasteiger partial charge in [-0.05, 0) is 44.2 Å². The number of benzene rings is 1. The number of fused-ring (bicyclic) bond motifs is 1. The number of thiazole rings is 1. The minimum atomic E-state index is -0.185. The lowest BCUT2D eigenvalue weighted by molar-refractivity contribution is 0.00702. The standard InChI is InChI=1S/C26H34N4O5S/c1-4-19-9-10-22-24(25(32)29(11-6-12-31)17-34-16-19)30(15-23-27-14-18(2)36-23)26(28-22)35-21-8-5-7-20(13-21)33-3/h5,7-8,13-14,19,31H,4,6,9-12,15-17H2,1-3H3. The van der Waals surface area contributed by atoms with Crippen molar-refractivity contribution in [3.05, 3.63) is 51.7 Å². The second kappa shape index (κ2) is 12.3. The summed E-state index contributed by atoms with van der Waals surface area (Å²) in [4.78, 5) is 26.0. The van der Waals surface area contributed by atoms with E-state index in [1.54, 1.807) is 29.4 Å². The number of aliphatic hydroxyl groups excluding tert-OH is 1. The number of ether oxygens (including phenoxy) is 3. The molecule has 2 aromatic heterocycles. The number of methoxy groups -OCH3 is 1. The second-order valence-corrected chi connectivity index (χ2v) is 10.2. The highest BCUT2D eigenvalue weighted by molar-refractivity contribution is 7.11. The number of nitrogens with zero attached hydrogens (tertiary/aromatic N) is 4. The average Bonchev–Trinajstić information content (AvgIpc) is 3.45. The minimum absolute atomic E-state index is 0.00389. The summed E-state index contributed by atoms with van der Waals surface area (Å²) in [6.45, 7) is 5.65. The summed E-state index contributed by atoms with van der Waals surface area (Å²) in [7, 11) is 1.61. The summed E-state index contributed by atoms with van der Waals surface area (Å²) < 4.78 is 19.4. The van der Waals surface area contributed by atoms with Crippen molar-refractivity contribution in [3.8, 4) is 17.5 Å². The fraction of sp³-hybridized carbons (Fsp3) is 0.500. The van der Waals surface area contributed by atoms with E-state index in [0.717, 1.165) is 22.7 Å². The molecule has 194 valence electrons. The van der Waals surface area contributed by atoms with Crippen LogP contribution in [0.3, 0.4) is 0 Å². The molecule has 1 aliphatic rings. The molecule has 0 fully saturated rings. The van der Waals surface area contributed by atoms with Gasteiger partial charge in [-0.1, -0.05) is 19.4 Å². The van der Waals surface area contributed by atoms with E-state index < -0.39 is 0 Å². The van der Waals surface area contributed by atoms with Crippen LogP contribution in [0.2, 0.25) is 0 Å². The van der Waals surface area contributed by atoms with E-state index >= 15 is 0 Å². The van der Waals surface area contributed by atoms with Crippen molar-refractivity contribution in [1.29, 1.82) is 0 Å². The quantitative estimate of drug-likeness (QED) is 0.455. The first-order chi connectivity index (χ1) is 17.5. The Bertz CT molecular complexity index is 1160. The van der Waals surface area contributed by atoms with Gasteiger partial charge in [-0.15, -0.1) is 11.3 Å². The predicted molar refractivity (Wildman–Crippen MR) is 137 cm³/mol. The van der Waals surface area contributed by atoms with Crippen molar-refractivity contribution in [2.45, 2.75) is 46.1 Å². The molecule has 1 aromatic carbocycles. The maximum absolute atomic E-state index is 13.9. The second-order valence-electron chi connectivity index (χ2n) is 8.88. The summed E-state index contributed by atoms with van der Waals surface area (Å²) in [5, 5.41) is 10.3. The molecule has 9 nitrogen and oxygen atoms in total. The lowest BCUT2D eigenvalue weighted by atomic mass is 9.99. The number of hydrogen-bond acceptors (Lipinski definition) is 8. The molecule has 0 aliphatic carbocycles. The van der Waals surface area contributed by atoms with Crippen LogP contribution in [0.25, 0.3) is 0 Å². The van der Waals surface area contributed by atoms with Gasteiger partial charge in [-0.25, -0.2) is 4.98 Å². The average molecular weight is 515 g/mol. The van der Waals surface area contributed by atoms with E-state index in [0.29, 0.717) is 67.4 Å². The van der Waals surface area contributed by atoms with E-state index in [4.69, 9.17) is 19.2 Å². The molecule has 3 aromatic rings. The van der Waals surface area contributed by atoms with Crippen molar-refractivity contribution in [2.24, 2.45) is 5.92 Å². The fourth-order valence-electron chi connectivity index (χ4n) is 4.21. The highest BCUT2D eigenvalue weighted by Crippen LogP contribution is 2.31. The number of amides is 1. The third kappa shape index (κ3) is 6.24. The topological polar surface area (TPSA) is 98.9 Å². The zero-order valence-corrected chi connectivity index (χ0v) is 21.9. The van der Waals surface area contributed by atoms with Crippen LogP contribution in [0.4, 0.5) is 0 Å². The van der Waals surface area contributed by atoms with Crippen LogP contribution in [0.5, 0.6) is 17.5 Å². The van der Waals surface area contributed by atoms with E-state index in [-0.39, 0.29) is 19.2 Å². The number of aromatic nitrogens is 3. The lowest BCUT2D eigenvalue weighted by Crippen LogP contribution is -2.37. The summed E-state index contributed by atoms with van der Waals surface area (Å²) in [5.74, 6) is 1.41. The van der Waals surface area contributed by atoms with Gasteiger partial charge in [-0.3, -0.25) is 9.36 Å². The molecule has 1 unspecified atom stereocenters. The molecular formula is C26H34N4O5S. The predicted octanol–water partition coefficient (Wildman–Crippen LogP) is 4.27. The molecular weight excluding hydrogens is 480 g/mol. The molecule has 0 spiro atoms. The summed E-state index contributed by atoms with van der Waals surface area (Å²) >= 11 is 1.58. The van der Waals surface area contributed by atoms with Gasteiger partial charge < -0.3 is 24.2 Å². The number of carbonyl (C=O) groups is 1. The van der Waals surface area contributed by atoms with Gasteiger partial charge in [0.2, 0.25) is 0 Å². The first kappa shape index (κ1) is 26.1. The van der Waals surface area contributed by atoms with E-state index in [1.165, 1.54) is 0 Å². The van der Waals surface area contributed by atoms with Crippen molar-refractivity contribution >= 4 is 17.2 Å². The number of carbonyl (C=O) groups excluding carboxylic acids is 1. The Morgan fingerprint density at radius 1 is 1.31 bits per heavy atom. The molecule has 0 radical (unpaired) electrons. The summed E-state index contributed by atoms with van der Waals surface area (Å²) in [6.07, 6.45) is 4.77. The number of aliphatic hydroxyl groups is 1. The Morgan fingerprint density at radius 3 is 2.86 bits per heavy atom. The number of rotatable bonds is 9. The van der Waals surface area contributed by atoms with Crippen LogP contribution in [0.15, 0.2) is 30.5 Å². The Kier molecular flexibility index (Phi) is 8.95. The monoisotopic (exact) mass is 514 g/mol. The molecule has 1 aliphatic heterocycles. The molecule has 0 saturated heterocycles. The first-order valence-corrected chi connectivity index (χ1v) is 13.1. The molecule has 1 amide bonds. The van der Waals surface area contributed by atoms with Crippen molar-refractivity contribution < 1.29 is 24.1 Å². The van der Waals surface area contributed by atoms with Gasteiger partial charge in [0.05, 0.1) is 26.0 Å².